The molecule has 1 fully saturated rings. The molecule has 0 bridgehead atoms. The van der Waals surface area contributed by atoms with E-state index in [1.807, 2.05) is 39.5 Å². The van der Waals surface area contributed by atoms with E-state index in [0.717, 1.165) is 34.8 Å². The number of para-hydroxylation sites is 2. The van der Waals surface area contributed by atoms with Gasteiger partial charge in [-0.05, 0) is 31.2 Å². The maximum atomic E-state index is 12.5. The summed E-state index contributed by atoms with van der Waals surface area (Å²) in [5.74, 6) is 0.776. The van der Waals surface area contributed by atoms with Crippen molar-refractivity contribution in [1.29, 1.82) is 0 Å². The summed E-state index contributed by atoms with van der Waals surface area (Å²) in [4.78, 5) is 12.5. The van der Waals surface area contributed by atoms with Crippen molar-refractivity contribution in [2.24, 2.45) is 0 Å². The van der Waals surface area contributed by atoms with E-state index in [9.17, 15) is 4.79 Å². The Morgan fingerprint density at radius 2 is 1.96 bits per heavy atom. The second-order valence-electron chi connectivity index (χ2n) is 6.30. The molecule has 126 valence electrons. The monoisotopic (exact) mass is 343 g/mol. The van der Waals surface area contributed by atoms with Crippen LogP contribution in [-0.2, 0) is 11.3 Å². The van der Waals surface area contributed by atoms with Crippen LogP contribution in [0.2, 0.25) is 0 Å². The van der Waals surface area contributed by atoms with E-state index < -0.39 is 0 Å². The van der Waals surface area contributed by atoms with Crippen molar-refractivity contribution in [3.8, 4) is 0 Å². The normalized spacial score (nSPS) is 16.0. The fourth-order valence-electron chi connectivity index (χ4n) is 3.59. The minimum Gasteiger partial charge on any atom is -0.352 e. The lowest BCUT2D eigenvalue weighted by molar-refractivity contribution is -0.122. The van der Waals surface area contributed by atoms with Gasteiger partial charge in [-0.15, -0.1) is 10.2 Å². The summed E-state index contributed by atoms with van der Waals surface area (Å²) in [6.07, 6.45) is 7.88. The minimum absolute atomic E-state index is 0.0545. The topological polar surface area (TPSA) is 64.2 Å². The number of thioether (sulfide) groups is 1. The van der Waals surface area contributed by atoms with Gasteiger partial charge >= 0.3 is 0 Å². The molecular weight excluding hydrogens is 322 g/mol. The number of fused-ring (bicyclic) bond motifs is 3. The summed E-state index contributed by atoms with van der Waals surface area (Å²) in [7, 11) is 0. The standard InChI is InChI=1S/C17H21N5OS/c1-24-17-20-19-16-21(13-9-5-6-10-14(13)22(16)17)11-15(23)18-12-7-3-2-4-8-12/h5-6,9-10,12H,2-4,7-8,11H2,1H3,(H,18,23). The molecule has 1 amide bonds. The fraction of sp³-hybridized carbons (Fsp3) is 0.471. The van der Waals surface area contributed by atoms with Crippen LogP contribution < -0.4 is 5.32 Å². The summed E-state index contributed by atoms with van der Waals surface area (Å²) in [5, 5.41) is 12.6. The van der Waals surface area contributed by atoms with Gasteiger partial charge in [-0.25, -0.2) is 0 Å². The summed E-state index contributed by atoms with van der Waals surface area (Å²) >= 11 is 1.56. The average Bonchev–Trinajstić information content (AvgIpc) is 3.15. The quantitative estimate of drug-likeness (QED) is 0.740. The molecule has 2 aromatic heterocycles. The lowest BCUT2D eigenvalue weighted by atomic mass is 9.95. The highest BCUT2D eigenvalue weighted by Crippen LogP contribution is 2.24. The van der Waals surface area contributed by atoms with Gasteiger partial charge in [0.1, 0.15) is 6.54 Å². The van der Waals surface area contributed by atoms with E-state index in [0.29, 0.717) is 6.04 Å². The van der Waals surface area contributed by atoms with Crippen LogP contribution in [-0.4, -0.2) is 37.4 Å². The van der Waals surface area contributed by atoms with Gasteiger partial charge in [-0.1, -0.05) is 43.2 Å². The Balaban J connectivity index is 1.67. The van der Waals surface area contributed by atoms with Crippen molar-refractivity contribution in [2.75, 3.05) is 6.26 Å². The number of rotatable bonds is 4. The molecule has 0 radical (unpaired) electrons. The van der Waals surface area contributed by atoms with E-state index in [-0.39, 0.29) is 12.5 Å². The highest BCUT2D eigenvalue weighted by atomic mass is 32.2. The molecule has 0 saturated heterocycles. The Labute approximate surface area is 144 Å². The van der Waals surface area contributed by atoms with Gasteiger partial charge in [0.15, 0.2) is 5.16 Å². The van der Waals surface area contributed by atoms with Gasteiger partial charge in [-0.3, -0.25) is 13.8 Å². The van der Waals surface area contributed by atoms with Gasteiger partial charge in [0.05, 0.1) is 11.0 Å². The van der Waals surface area contributed by atoms with Crippen molar-refractivity contribution < 1.29 is 4.79 Å². The lowest BCUT2D eigenvalue weighted by Crippen LogP contribution is -2.38. The van der Waals surface area contributed by atoms with E-state index in [1.165, 1.54) is 19.3 Å². The number of aromatic nitrogens is 4. The Kier molecular flexibility index (Phi) is 4.18. The van der Waals surface area contributed by atoms with Crippen molar-refractivity contribution in [1.82, 2.24) is 24.5 Å². The molecule has 1 aromatic carbocycles. The zero-order chi connectivity index (χ0) is 16.5. The molecule has 6 nitrogen and oxygen atoms in total. The molecule has 4 rings (SSSR count). The third-order valence-corrected chi connectivity index (χ3v) is 5.36. The van der Waals surface area contributed by atoms with Crippen LogP contribution in [0.1, 0.15) is 32.1 Å². The molecule has 3 aromatic rings. The first kappa shape index (κ1) is 15.5. The van der Waals surface area contributed by atoms with Crippen molar-refractivity contribution in [2.45, 2.75) is 49.8 Å². The highest BCUT2D eigenvalue weighted by Gasteiger charge is 2.20. The third kappa shape index (κ3) is 2.66. The Morgan fingerprint density at radius 1 is 1.21 bits per heavy atom. The Bertz CT molecular complexity index is 878. The lowest BCUT2D eigenvalue weighted by Gasteiger charge is -2.22. The molecule has 0 atom stereocenters. The van der Waals surface area contributed by atoms with Crippen molar-refractivity contribution >= 4 is 34.5 Å². The second-order valence-corrected chi connectivity index (χ2v) is 7.07. The smallest absolute Gasteiger partial charge is 0.240 e. The largest absolute Gasteiger partial charge is 0.352 e. The molecule has 0 spiro atoms. The van der Waals surface area contributed by atoms with Crippen LogP contribution in [0.5, 0.6) is 0 Å². The maximum absolute atomic E-state index is 12.5. The molecule has 1 aliphatic carbocycles. The highest BCUT2D eigenvalue weighted by molar-refractivity contribution is 7.98. The van der Waals surface area contributed by atoms with E-state index in [1.54, 1.807) is 11.8 Å². The van der Waals surface area contributed by atoms with Crippen molar-refractivity contribution in [3.05, 3.63) is 24.3 Å². The summed E-state index contributed by atoms with van der Waals surface area (Å²) in [6.45, 7) is 0.278. The minimum atomic E-state index is 0.0545. The molecule has 1 N–H and O–H groups in total. The number of hydrogen-bond acceptors (Lipinski definition) is 4. The number of imidazole rings is 1. The Hall–Kier alpha value is -2.02. The molecular formula is C17H21N5OS. The average molecular weight is 343 g/mol. The third-order valence-electron chi connectivity index (χ3n) is 4.73. The van der Waals surface area contributed by atoms with Gasteiger partial charge in [-0.2, -0.15) is 0 Å². The number of nitrogens with one attached hydrogen (secondary N) is 1. The molecule has 1 aliphatic rings. The maximum Gasteiger partial charge on any atom is 0.240 e. The Morgan fingerprint density at radius 3 is 2.71 bits per heavy atom. The molecule has 1 saturated carbocycles. The number of benzene rings is 1. The van der Waals surface area contributed by atoms with Crippen LogP contribution in [0.4, 0.5) is 0 Å². The first-order chi connectivity index (χ1) is 11.8. The second kappa shape index (κ2) is 6.47. The van der Waals surface area contributed by atoms with E-state index in [2.05, 4.69) is 15.5 Å². The fourth-order valence-corrected chi connectivity index (χ4v) is 4.07. The zero-order valence-corrected chi connectivity index (χ0v) is 14.6. The zero-order valence-electron chi connectivity index (χ0n) is 13.7. The molecule has 0 aliphatic heterocycles. The number of hydrogen-bond donors (Lipinski definition) is 1. The predicted molar refractivity (Wildman–Crippen MR) is 95.3 cm³/mol. The van der Waals surface area contributed by atoms with Gasteiger partial charge in [0, 0.05) is 6.04 Å². The first-order valence-corrected chi connectivity index (χ1v) is 9.66. The number of nitrogens with zero attached hydrogens (tertiary/aromatic N) is 4. The predicted octanol–water partition coefficient (Wildman–Crippen LogP) is 2.85. The van der Waals surface area contributed by atoms with Crippen molar-refractivity contribution in [3.63, 3.8) is 0 Å². The first-order valence-electron chi connectivity index (χ1n) is 8.43. The number of carbonyl (C=O) groups excluding carboxylic acids is 1. The van der Waals surface area contributed by atoms with Crippen LogP contribution in [0.15, 0.2) is 29.4 Å². The molecule has 0 unspecified atom stereocenters. The van der Waals surface area contributed by atoms with Gasteiger partial charge in [0.2, 0.25) is 11.7 Å². The molecule has 7 heteroatoms. The number of carbonyl (C=O) groups is 1. The van der Waals surface area contributed by atoms with Gasteiger partial charge in [0.25, 0.3) is 0 Å². The number of amides is 1. The van der Waals surface area contributed by atoms with Crippen LogP contribution >= 0.6 is 11.8 Å². The summed E-state index contributed by atoms with van der Waals surface area (Å²) < 4.78 is 3.98. The van der Waals surface area contributed by atoms with Gasteiger partial charge < -0.3 is 5.32 Å². The van der Waals surface area contributed by atoms with E-state index >= 15 is 0 Å². The van der Waals surface area contributed by atoms with Crippen LogP contribution in [0.25, 0.3) is 16.8 Å². The SMILES string of the molecule is CSc1nnc2n(CC(=O)NC3CCCCC3)c3ccccc3n12. The summed E-state index contributed by atoms with van der Waals surface area (Å²) in [5.41, 5.74) is 2.05. The van der Waals surface area contributed by atoms with Crippen LogP contribution in [0, 0.1) is 0 Å². The summed E-state index contributed by atoms with van der Waals surface area (Å²) in [6, 6.07) is 8.38. The van der Waals surface area contributed by atoms with E-state index in [4.69, 9.17) is 0 Å². The molecule has 24 heavy (non-hydrogen) atoms. The molecule has 2 heterocycles. The van der Waals surface area contributed by atoms with Crippen LogP contribution in [0.3, 0.4) is 0 Å².